The number of rotatable bonds is 8. The lowest BCUT2D eigenvalue weighted by atomic mass is 9.80. The molecule has 3 fully saturated rings. The van der Waals surface area contributed by atoms with Gasteiger partial charge in [-0.15, -0.1) is 0 Å². The number of likely N-dealkylation sites (tertiary alicyclic amines) is 2. The lowest BCUT2D eigenvalue weighted by Gasteiger charge is -2.43. The van der Waals surface area contributed by atoms with Crippen LogP contribution in [0.2, 0.25) is 0 Å². The average Bonchev–Trinajstić information content (AvgIpc) is 3.43. The maximum absolute atomic E-state index is 13.6. The van der Waals surface area contributed by atoms with Crippen molar-refractivity contribution in [3.05, 3.63) is 40.7 Å². The van der Waals surface area contributed by atoms with Crippen LogP contribution in [0.1, 0.15) is 90.7 Å². The Morgan fingerprint density at radius 2 is 1.74 bits per heavy atom. The Bertz CT molecular complexity index is 1350. The van der Waals surface area contributed by atoms with Crippen LogP contribution in [0.15, 0.2) is 16.5 Å². The fraction of sp³-hybridized carbons (Fsp3) is 0.710. The van der Waals surface area contributed by atoms with Gasteiger partial charge in [0.15, 0.2) is 0 Å². The lowest BCUT2D eigenvalue weighted by Crippen LogP contribution is -2.52. The number of nitrogens with zero attached hydrogens (tertiary/aromatic N) is 5. The van der Waals surface area contributed by atoms with Crippen LogP contribution in [0.25, 0.3) is 0 Å². The van der Waals surface area contributed by atoms with Gasteiger partial charge >= 0.3 is 0 Å². The summed E-state index contributed by atoms with van der Waals surface area (Å²) < 4.78 is 31.3. The highest BCUT2D eigenvalue weighted by Gasteiger charge is 2.33. The molecule has 2 unspecified atom stereocenters. The van der Waals surface area contributed by atoms with Crippen LogP contribution in [0.4, 0.5) is 5.82 Å². The minimum absolute atomic E-state index is 0.0149. The molecule has 1 amide bonds. The van der Waals surface area contributed by atoms with Gasteiger partial charge in [-0.1, -0.05) is 6.42 Å². The van der Waals surface area contributed by atoms with E-state index in [1.54, 1.807) is 7.05 Å². The van der Waals surface area contributed by atoms with E-state index in [9.17, 15) is 13.2 Å². The third kappa shape index (κ3) is 7.17. The number of anilines is 1. The van der Waals surface area contributed by atoms with Crippen molar-refractivity contribution in [1.29, 1.82) is 0 Å². The van der Waals surface area contributed by atoms with Crippen molar-refractivity contribution in [3.8, 4) is 0 Å². The molecule has 0 aromatic carbocycles. The van der Waals surface area contributed by atoms with Crippen LogP contribution in [0.5, 0.6) is 0 Å². The second kappa shape index (κ2) is 13.0. The summed E-state index contributed by atoms with van der Waals surface area (Å²) in [4.78, 5) is 27.3. The van der Waals surface area contributed by atoms with Gasteiger partial charge in [0.2, 0.25) is 10.0 Å². The zero-order valence-corrected chi connectivity index (χ0v) is 26.8. The molecular formula is C31H48N6O4S. The van der Waals surface area contributed by atoms with Gasteiger partial charge in [0.1, 0.15) is 28.9 Å². The number of amides is 1. The summed E-state index contributed by atoms with van der Waals surface area (Å²) in [6, 6.07) is 4.67. The van der Waals surface area contributed by atoms with Crippen LogP contribution >= 0.6 is 0 Å². The molecule has 0 bridgehead atoms. The first-order valence-electron chi connectivity index (χ1n) is 15.6. The van der Waals surface area contributed by atoms with Crippen molar-refractivity contribution < 1.29 is 17.6 Å². The van der Waals surface area contributed by atoms with E-state index in [0.29, 0.717) is 42.5 Å². The summed E-state index contributed by atoms with van der Waals surface area (Å²) in [7, 11) is -1.48. The van der Waals surface area contributed by atoms with Crippen molar-refractivity contribution >= 4 is 21.7 Å². The third-order valence-corrected chi connectivity index (χ3v) is 11.1. The fourth-order valence-electron chi connectivity index (χ4n) is 7.13. The van der Waals surface area contributed by atoms with Gasteiger partial charge in [0, 0.05) is 50.2 Å². The van der Waals surface area contributed by atoms with Crippen LogP contribution in [-0.4, -0.2) is 96.5 Å². The van der Waals surface area contributed by atoms with Gasteiger partial charge in [0.25, 0.3) is 5.91 Å². The number of nitrogens with one attached hydrogen (secondary N) is 1. The zero-order chi connectivity index (χ0) is 30.0. The minimum Gasteiger partial charge on any atom is -0.466 e. The Kier molecular flexibility index (Phi) is 9.59. The molecule has 1 saturated carbocycles. The van der Waals surface area contributed by atoms with E-state index in [2.05, 4.69) is 32.3 Å². The highest BCUT2D eigenvalue weighted by molar-refractivity contribution is 7.88. The number of aryl methyl sites for hydroxylation is 2. The summed E-state index contributed by atoms with van der Waals surface area (Å²) in [6.07, 6.45) is 9.45. The summed E-state index contributed by atoms with van der Waals surface area (Å²) in [6.45, 7) is 9.82. The number of aromatic nitrogens is 2. The van der Waals surface area contributed by atoms with E-state index in [-0.39, 0.29) is 11.9 Å². The average molecular weight is 601 g/mol. The quantitative estimate of drug-likeness (QED) is 0.476. The van der Waals surface area contributed by atoms with E-state index >= 15 is 0 Å². The Labute approximate surface area is 251 Å². The van der Waals surface area contributed by atoms with E-state index < -0.39 is 10.0 Å². The molecule has 10 nitrogen and oxygen atoms in total. The maximum Gasteiger partial charge on any atom is 0.272 e. The summed E-state index contributed by atoms with van der Waals surface area (Å²) in [5, 5.41) is 3.57. The van der Waals surface area contributed by atoms with Crippen LogP contribution in [0.3, 0.4) is 0 Å². The number of piperidine rings is 2. The van der Waals surface area contributed by atoms with E-state index in [4.69, 9.17) is 4.42 Å². The molecule has 2 aromatic heterocycles. The number of sulfonamides is 1. The van der Waals surface area contributed by atoms with Crippen molar-refractivity contribution in [2.75, 3.05) is 51.3 Å². The predicted octanol–water partition coefficient (Wildman–Crippen LogP) is 4.34. The lowest BCUT2D eigenvalue weighted by molar-refractivity contribution is 0.0542. The molecule has 11 heteroatoms. The number of furan rings is 1. The molecule has 1 N–H and O–H groups in total. The Morgan fingerprint density at radius 1 is 1.02 bits per heavy atom. The molecule has 42 heavy (non-hydrogen) atoms. The van der Waals surface area contributed by atoms with Gasteiger partial charge in [-0.25, -0.2) is 22.7 Å². The standard InChI is InChI=1S/C31H48N6O4S/c1-21-9-10-28(41-21)25-8-6-7-24(19-25)20-32-30-22(2)29(33-23(3)34-30)31(38)37-17-13-27(14-18-37)36-15-11-26(12-16-36)35(4)42(5,39)40/h9-10,24-27H,6-8,11-20H2,1-5H3,(H,32,33,34). The van der Waals surface area contributed by atoms with Gasteiger partial charge in [-0.05, 0) is 96.9 Å². The molecule has 2 aliphatic heterocycles. The Morgan fingerprint density at radius 3 is 2.38 bits per heavy atom. The van der Waals surface area contributed by atoms with Crippen LogP contribution in [-0.2, 0) is 10.0 Å². The maximum atomic E-state index is 13.6. The minimum atomic E-state index is -3.17. The summed E-state index contributed by atoms with van der Waals surface area (Å²) in [5.41, 5.74) is 1.32. The van der Waals surface area contributed by atoms with Crippen molar-refractivity contribution in [3.63, 3.8) is 0 Å². The van der Waals surface area contributed by atoms with Crippen molar-refractivity contribution in [2.24, 2.45) is 5.92 Å². The molecule has 3 aliphatic rings. The molecule has 0 spiro atoms. The molecular weight excluding hydrogens is 552 g/mol. The Hall–Kier alpha value is -2.50. The van der Waals surface area contributed by atoms with Gasteiger partial charge in [-0.2, -0.15) is 0 Å². The van der Waals surface area contributed by atoms with E-state index in [0.717, 1.165) is 74.6 Å². The molecule has 232 valence electrons. The zero-order valence-electron chi connectivity index (χ0n) is 25.9. The fourth-order valence-corrected chi connectivity index (χ4v) is 7.88. The van der Waals surface area contributed by atoms with Crippen LogP contribution in [0, 0.1) is 26.7 Å². The van der Waals surface area contributed by atoms with E-state index in [1.165, 1.54) is 29.8 Å². The second-order valence-corrected chi connectivity index (χ2v) is 14.8. The largest absolute Gasteiger partial charge is 0.466 e. The first kappa shape index (κ1) is 30.9. The smallest absolute Gasteiger partial charge is 0.272 e. The number of carbonyl (C=O) groups is 1. The summed E-state index contributed by atoms with van der Waals surface area (Å²) in [5.74, 6) is 4.42. The van der Waals surface area contributed by atoms with Gasteiger partial charge in [-0.3, -0.25) is 4.79 Å². The molecule has 4 heterocycles. The molecule has 2 aromatic rings. The third-order valence-electron chi connectivity index (χ3n) is 9.77. The molecule has 2 saturated heterocycles. The summed E-state index contributed by atoms with van der Waals surface area (Å²) >= 11 is 0. The first-order valence-corrected chi connectivity index (χ1v) is 17.5. The van der Waals surface area contributed by atoms with Crippen molar-refractivity contribution in [2.45, 2.75) is 90.1 Å². The van der Waals surface area contributed by atoms with Gasteiger partial charge in [0.05, 0.1) is 6.26 Å². The number of carbonyl (C=O) groups excluding carboxylic acids is 1. The second-order valence-electron chi connectivity index (χ2n) is 12.7. The van der Waals surface area contributed by atoms with E-state index in [1.807, 2.05) is 25.7 Å². The molecule has 0 radical (unpaired) electrons. The first-order chi connectivity index (χ1) is 20.0. The predicted molar refractivity (Wildman–Crippen MR) is 164 cm³/mol. The van der Waals surface area contributed by atoms with Crippen LogP contribution < -0.4 is 5.32 Å². The molecule has 1 aliphatic carbocycles. The SMILES string of the molecule is Cc1nc(NCC2CCCC(c3ccc(C)o3)C2)c(C)c(C(=O)N2CCC(N3CCC(N(C)S(C)(=O)=O)CC3)CC2)n1. The topological polar surface area (TPSA) is 112 Å². The Balaban J connectivity index is 1.14. The van der Waals surface area contributed by atoms with Gasteiger partial charge < -0.3 is 19.5 Å². The normalized spacial score (nSPS) is 23.4. The number of hydrogen-bond donors (Lipinski definition) is 1. The number of hydrogen-bond acceptors (Lipinski definition) is 8. The highest BCUT2D eigenvalue weighted by Crippen LogP contribution is 2.37. The highest BCUT2D eigenvalue weighted by atomic mass is 32.2. The molecule has 2 atom stereocenters. The van der Waals surface area contributed by atoms with Crippen molar-refractivity contribution in [1.82, 2.24) is 24.1 Å². The monoisotopic (exact) mass is 600 g/mol. The molecule has 5 rings (SSSR count).